The van der Waals surface area contributed by atoms with Crippen molar-refractivity contribution in [2.45, 2.75) is 26.3 Å². The zero-order chi connectivity index (χ0) is 19.5. The first-order chi connectivity index (χ1) is 13.6. The molecule has 1 aliphatic rings. The van der Waals surface area contributed by atoms with E-state index in [1.54, 1.807) is 4.68 Å². The molecule has 152 valence electrons. The Bertz CT molecular complexity index is 953. The van der Waals surface area contributed by atoms with E-state index in [1.165, 1.54) is 5.56 Å². The smallest absolute Gasteiger partial charge is 0.255 e. The molecule has 2 aromatic carbocycles. The molecule has 29 heavy (non-hydrogen) atoms. The fraction of sp³-hybridized carbons (Fsp3) is 0.304. The number of carbonyl (C=O) groups is 1. The zero-order valence-corrected chi connectivity index (χ0v) is 17.6. The predicted octanol–water partition coefficient (Wildman–Crippen LogP) is 4.00. The van der Waals surface area contributed by atoms with E-state index >= 15 is 0 Å². The van der Waals surface area contributed by atoms with Gasteiger partial charge in [0.2, 0.25) is 0 Å². The van der Waals surface area contributed by atoms with Crippen LogP contribution in [0.15, 0.2) is 60.8 Å². The second-order valence-corrected chi connectivity index (χ2v) is 7.59. The third-order valence-electron chi connectivity index (χ3n) is 5.41. The van der Waals surface area contributed by atoms with Crippen LogP contribution in [0.25, 0.3) is 16.9 Å². The molecule has 0 spiro atoms. The number of halogens is 1. The molecule has 3 aromatic rings. The van der Waals surface area contributed by atoms with Crippen molar-refractivity contribution in [3.05, 3.63) is 71.9 Å². The molecule has 1 saturated heterocycles. The molecule has 0 bridgehead atoms. The number of carbonyl (C=O) groups excluding carboxylic acids is 1. The minimum Gasteiger partial charge on any atom is -0.349 e. The van der Waals surface area contributed by atoms with Gasteiger partial charge in [-0.2, -0.15) is 5.10 Å². The van der Waals surface area contributed by atoms with Crippen LogP contribution in [0.1, 0.15) is 29.3 Å². The van der Waals surface area contributed by atoms with Crippen LogP contribution in [0, 0.1) is 12.8 Å². The normalized spacial score (nSPS) is 18.7. The Morgan fingerprint density at radius 3 is 2.55 bits per heavy atom. The zero-order valence-electron chi connectivity index (χ0n) is 16.8. The lowest BCUT2D eigenvalue weighted by molar-refractivity contribution is 0.0915. The van der Waals surface area contributed by atoms with Crippen LogP contribution >= 0.6 is 12.4 Å². The van der Waals surface area contributed by atoms with Crippen LogP contribution in [0.3, 0.4) is 0 Å². The minimum absolute atomic E-state index is 0. The van der Waals surface area contributed by atoms with E-state index < -0.39 is 0 Å². The Morgan fingerprint density at radius 1 is 1.14 bits per heavy atom. The van der Waals surface area contributed by atoms with Crippen LogP contribution in [-0.4, -0.2) is 34.8 Å². The van der Waals surface area contributed by atoms with Gasteiger partial charge in [0.15, 0.2) is 0 Å². The molecule has 5 nitrogen and oxygen atoms in total. The summed E-state index contributed by atoms with van der Waals surface area (Å²) in [7, 11) is 0. The monoisotopic (exact) mass is 410 g/mol. The van der Waals surface area contributed by atoms with Crippen molar-refractivity contribution in [3.8, 4) is 16.9 Å². The number of amides is 1. The summed E-state index contributed by atoms with van der Waals surface area (Å²) in [6.07, 6.45) is 2.79. The lowest BCUT2D eigenvalue weighted by Gasteiger charge is -2.30. The SMILES string of the molecule is Cc1ccc(-n2cc(C(=O)NC3CCNCC3C)c(-c3ccccc3)n2)cc1.Cl. The number of nitrogens with zero attached hydrogens (tertiary/aromatic N) is 2. The van der Waals surface area contributed by atoms with E-state index in [0.717, 1.165) is 30.8 Å². The molecule has 2 atom stereocenters. The summed E-state index contributed by atoms with van der Waals surface area (Å²) >= 11 is 0. The molecule has 1 amide bonds. The first-order valence-electron chi connectivity index (χ1n) is 9.85. The van der Waals surface area contributed by atoms with E-state index in [-0.39, 0.29) is 24.4 Å². The van der Waals surface area contributed by atoms with E-state index in [9.17, 15) is 4.79 Å². The molecule has 2 N–H and O–H groups in total. The van der Waals surface area contributed by atoms with Crippen LogP contribution < -0.4 is 10.6 Å². The van der Waals surface area contributed by atoms with Crippen LogP contribution in [-0.2, 0) is 0 Å². The lowest BCUT2D eigenvalue weighted by atomic mass is 9.95. The van der Waals surface area contributed by atoms with Crippen molar-refractivity contribution in [3.63, 3.8) is 0 Å². The Kier molecular flexibility index (Phi) is 6.72. The highest BCUT2D eigenvalue weighted by atomic mass is 35.5. The van der Waals surface area contributed by atoms with Crippen molar-refractivity contribution < 1.29 is 4.79 Å². The third-order valence-corrected chi connectivity index (χ3v) is 5.41. The Hall–Kier alpha value is -2.63. The molecule has 0 radical (unpaired) electrons. The van der Waals surface area contributed by atoms with Crippen molar-refractivity contribution >= 4 is 18.3 Å². The highest BCUT2D eigenvalue weighted by molar-refractivity contribution is 6.00. The molecule has 0 saturated carbocycles. The fourth-order valence-electron chi connectivity index (χ4n) is 3.65. The van der Waals surface area contributed by atoms with Gasteiger partial charge < -0.3 is 10.6 Å². The summed E-state index contributed by atoms with van der Waals surface area (Å²) in [5.41, 5.74) is 4.39. The van der Waals surface area contributed by atoms with Gasteiger partial charge >= 0.3 is 0 Å². The number of aryl methyl sites for hydroxylation is 1. The van der Waals surface area contributed by atoms with Gasteiger partial charge in [-0.1, -0.05) is 55.0 Å². The van der Waals surface area contributed by atoms with Gasteiger partial charge in [0.05, 0.1) is 11.3 Å². The first-order valence-corrected chi connectivity index (χ1v) is 9.85. The summed E-state index contributed by atoms with van der Waals surface area (Å²) in [6, 6.07) is 18.2. The number of hydrogen-bond acceptors (Lipinski definition) is 3. The van der Waals surface area contributed by atoms with Crippen LogP contribution in [0.2, 0.25) is 0 Å². The summed E-state index contributed by atoms with van der Waals surface area (Å²) in [6.45, 7) is 6.09. The summed E-state index contributed by atoms with van der Waals surface area (Å²) < 4.78 is 1.79. The first kappa shape index (κ1) is 21.1. The van der Waals surface area contributed by atoms with Gasteiger partial charge in [0, 0.05) is 17.8 Å². The average molecular weight is 411 g/mol. The van der Waals surface area contributed by atoms with E-state index in [0.29, 0.717) is 17.2 Å². The largest absolute Gasteiger partial charge is 0.349 e. The van der Waals surface area contributed by atoms with E-state index in [1.807, 2.05) is 48.7 Å². The van der Waals surface area contributed by atoms with E-state index in [4.69, 9.17) is 5.10 Å². The minimum atomic E-state index is -0.0593. The maximum Gasteiger partial charge on any atom is 0.255 e. The standard InChI is InChI=1S/C23H26N4O.ClH/c1-16-8-10-19(11-9-16)27-15-20(22(26-27)18-6-4-3-5-7-18)23(28)25-21-12-13-24-14-17(21)2;/h3-11,15,17,21,24H,12-14H2,1-2H3,(H,25,28);1H. The van der Waals surface area contributed by atoms with Crippen LogP contribution in [0.4, 0.5) is 0 Å². The highest BCUT2D eigenvalue weighted by Gasteiger charge is 2.25. The van der Waals surface area contributed by atoms with Crippen molar-refractivity contribution in [2.75, 3.05) is 13.1 Å². The number of aromatic nitrogens is 2. The summed E-state index contributed by atoms with van der Waals surface area (Å²) in [5.74, 6) is 0.348. The molecule has 1 aromatic heterocycles. The quantitative estimate of drug-likeness (QED) is 0.683. The van der Waals surface area contributed by atoms with E-state index in [2.05, 4.69) is 36.6 Å². The molecule has 0 aliphatic carbocycles. The lowest BCUT2D eigenvalue weighted by Crippen LogP contribution is -2.48. The van der Waals surface area contributed by atoms with Crippen molar-refractivity contribution in [1.29, 1.82) is 0 Å². The molecular weight excluding hydrogens is 384 g/mol. The summed E-state index contributed by atoms with van der Waals surface area (Å²) in [4.78, 5) is 13.2. The molecule has 2 heterocycles. The average Bonchev–Trinajstić information content (AvgIpc) is 3.16. The number of piperidine rings is 1. The molecule has 6 heteroatoms. The third kappa shape index (κ3) is 4.69. The fourth-order valence-corrected chi connectivity index (χ4v) is 3.65. The van der Waals surface area contributed by atoms with Crippen molar-refractivity contribution in [2.24, 2.45) is 5.92 Å². The van der Waals surface area contributed by atoms with Crippen LogP contribution in [0.5, 0.6) is 0 Å². The number of hydrogen-bond donors (Lipinski definition) is 2. The predicted molar refractivity (Wildman–Crippen MR) is 119 cm³/mol. The van der Waals surface area contributed by atoms with Gasteiger partial charge in [-0.15, -0.1) is 12.4 Å². The second kappa shape index (κ2) is 9.25. The molecule has 4 rings (SSSR count). The number of rotatable bonds is 4. The van der Waals surface area contributed by atoms with Gasteiger partial charge in [0.25, 0.3) is 5.91 Å². The highest BCUT2D eigenvalue weighted by Crippen LogP contribution is 2.24. The Balaban J connectivity index is 0.00000240. The topological polar surface area (TPSA) is 59.0 Å². The van der Waals surface area contributed by atoms with Gasteiger partial charge in [0.1, 0.15) is 5.69 Å². The van der Waals surface area contributed by atoms with Gasteiger partial charge in [-0.25, -0.2) is 4.68 Å². The maximum atomic E-state index is 13.2. The number of nitrogens with one attached hydrogen (secondary N) is 2. The number of benzene rings is 2. The molecule has 1 fully saturated rings. The molecule has 2 unspecified atom stereocenters. The molecule has 1 aliphatic heterocycles. The Labute approximate surface area is 177 Å². The maximum absolute atomic E-state index is 13.2. The van der Waals surface area contributed by atoms with Crippen molar-refractivity contribution in [1.82, 2.24) is 20.4 Å². The second-order valence-electron chi connectivity index (χ2n) is 7.59. The van der Waals surface area contributed by atoms with Gasteiger partial charge in [-0.3, -0.25) is 4.79 Å². The Morgan fingerprint density at radius 2 is 1.86 bits per heavy atom. The molecular formula is C23H27ClN4O. The summed E-state index contributed by atoms with van der Waals surface area (Å²) in [5, 5.41) is 11.4. The van der Waals surface area contributed by atoms with Gasteiger partial charge in [-0.05, 0) is 44.5 Å².